The maximum Gasteiger partial charge on any atom is 0.240 e. The van der Waals surface area contributed by atoms with Crippen molar-refractivity contribution in [2.45, 2.75) is 16.3 Å². The third-order valence-electron chi connectivity index (χ3n) is 2.79. The molecule has 0 bridgehead atoms. The summed E-state index contributed by atoms with van der Waals surface area (Å²) in [6.07, 6.45) is 0. The third kappa shape index (κ3) is 3.58. The molecule has 20 heavy (non-hydrogen) atoms. The van der Waals surface area contributed by atoms with E-state index in [2.05, 4.69) is 4.72 Å². The van der Waals surface area contributed by atoms with Crippen molar-refractivity contribution in [3.8, 4) is 0 Å². The van der Waals surface area contributed by atoms with Crippen molar-refractivity contribution in [3.63, 3.8) is 0 Å². The van der Waals surface area contributed by atoms with Crippen molar-refractivity contribution in [1.82, 2.24) is 4.72 Å². The molecule has 112 valence electrons. The largest absolute Gasteiger partial charge is 0.240 e. The first-order chi connectivity index (χ1) is 9.11. The Morgan fingerprint density at radius 3 is 2.30 bits per heavy atom. The van der Waals surface area contributed by atoms with E-state index in [1.165, 1.54) is 18.2 Å². The van der Waals surface area contributed by atoms with E-state index in [4.69, 9.17) is 34.8 Å². The Hall–Kier alpha value is -0.0500. The Morgan fingerprint density at radius 1 is 1.15 bits per heavy atom. The van der Waals surface area contributed by atoms with Gasteiger partial charge in [0.05, 0.1) is 37.9 Å². The van der Waals surface area contributed by atoms with Crippen LogP contribution < -0.4 is 4.72 Å². The van der Waals surface area contributed by atoms with Crippen molar-refractivity contribution in [1.29, 1.82) is 0 Å². The van der Waals surface area contributed by atoms with Gasteiger partial charge < -0.3 is 0 Å². The van der Waals surface area contributed by atoms with Crippen molar-refractivity contribution >= 4 is 54.7 Å². The number of benzene rings is 1. The minimum Gasteiger partial charge on any atom is -0.229 e. The lowest BCUT2D eigenvalue weighted by atomic mass is 10.3. The number of sulfonamides is 1. The highest BCUT2D eigenvalue weighted by Crippen LogP contribution is 2.26. The molecular weight excluding hydrogens is 369 g/mol. The molecule has 0 radical (unpaired) electrons. The Bertz CT molecular complexity index is 733. The molecule has 0 aliphatic carbocycles. The number of halogens is 3. The predicted octanol–water partition coefficient (Wildman–Crippen LogP) is 1.68. The second-order valence-electron chi connectivity index (χ2n) is 4.40. The number of rotatable bonds is 3. The van der Waals surface area contributed by atoms with Crippen LogP contribution in [0.2, 0.25) is 10.0 Å². The van der Waals surface area contributed by atoms with Crippen LogP contribution in [0.15, 0.2) is 23.1 Å². The summed E-state index contributed by atoms with van der Waals surface area (Å²) in [6, 6.07) is 2.96. The van der Waals surface area contributed by atoms with Crippen LogP contribution >= 0.6 is 34.8 Å². The van der Waals surface area contributed by atoms with Crippen LogP contribution in [0, 0.1) is 0 Å². The number of nitrogens with one attached hydrogen (secondary N) is 1. The van der Waals surface area contributed by atoms with Crippen molar-refractivity contribution in [3.05, 3.63) is 28.2 Å². The van der Waals surface area contributed by atoms with Gasteiger partial charge in [-0.3, -0.25) is 0 Å². The fourth-order valence-electron chi connectivity index (χ4n) is 1.82. The smallest absolute Gasteiger partial charge is 0.229 e. The van der Waals surface area contributed by atoms with E-state index in [0.29, 0.717) is 0 Å². The zero-order valence-electron chi connectivity index (χ0n) is 9.88. The lowest BCUT2D eigenvalue weighted by Crippen LogP contribution is -2.40. The Labute approximate surface area is 132 Å². The molecule has 1 aromatic carbocycles. The van der Waals surface area contributed by atoms with Gasteiger partial charge in [-0.2, -0.15) is 0 Å². The maximum atomic E-state index is 12.1. The summed E-state index contributed by atoms with van der Waals surface area (Å²) in [5, 5.41) is -0.474. The van der Waals surface area contributed by atoms with E-state index in [1.807, 2.05) is 0 Å². The zero-order chi connectivity index (χ0) is 15.1. The monoisotopic (exact) mass is 377 g/mol. The van der Waals surface area contributed by atoms with Gasteiger partial charge in [-0.1, -0.05) is 23.2 Å². The number of hydrogen-bond donors (Lipinski definition) is 1. The van der Waals surface area contributed by atoms with Gasteiger partial charge in [-0.15, -0.1) is 11.6 Å². The standard InChI is InChI=1S/C10H10Cl3NO4S2/c11-7-2-1-6(3-8(7)12)20(17,18)14-10-5-19(15,16)4-9(10)13/h1-3,9-10,14H,4-5H2/t9-,10+/m0/s1. The molecule has 1 aliphatic rings. The summed E-state index contributed by atoms with van der Waals surface area (Å²) in [5.41, 5.74) is 0. The Kier molecular flexibility index (Phi) is 4.59. The van der Waals surface area contributed by atoms with Gasteiger partial charge in [0.1, 0.15) is 0 Å². The van der Waals surface area contributed by atoms with Gasteiger partial charge in [0, 0.05) is 0 Å². The molecule has 0 saturated carbocycles. The summed E-state index contributed by atoms with van der Waals surface area (Å²) in [4.78, 5) is -0.0972. The van der Waals surface area contributed by atoms with Gasteiger partial charge in [0.2, 0.25) is 10.0 Å². The van der Waals surface area contributed by atoms with Crippen LogP contribution in [0.5, 0.6) is 0 Å². The van der Waals surface area contributed by atoms with Gasteiger partial charge >= 0.3 is 0 Å². The molecule has 1 saturated heterocycles. The van der Waals surface area contributed by atoms with Gasteiger partial charge in [0.15, 0.2) is 9.84 Å². The van der Waals surface area contributed by atoms with E-state index in [0.717, 1.165) is 0 Å². The van der Waals surface area contributed by atoms with E-state index in [-0.39, 0.29) is 26.4 Å². The van der Waals surface area contributed by atoms with Crippen LogP contribution in [0.3, 0.4) is 0 Å². The van der Waals surface area contributed by atoms with Crippen molar-refractivity contribution < 1.29 is 16.8 Å². The summed E-state index contributed by atoms with van der Waals surface area (Å²) < 4.78 is 49.4. The summed E-state index contributed by atoms with van der Waals surface area (Å²) in [5.74, 6) is -0.565. The Morgan fingerprint density at radius 2 is 1.80 bits per heavy atom. The maximum absolute atomic E-state index is 12.1. The van der Waals surface area contributed by atoms with Crippen LogP contribution in [0.25, 0.3) is 0 Å². The molecule has 1 fully saturated rings. The van der Waals surface area contributed by atoms with E-state index in [1.54, 1.807) is 0 Å². The molecule has 2 rings (SSSR count). The highest BCUT2D eigenvalue weighted by atomic mass is 35.5. The normalized spacial score (nSPS) is 25.8. The molecule has 1 N–H and O–H groups in total. The van der Waals surface area contributed by atoms with Crippen LogP contribution in [-0.4, -0.2) is 39.8 Å². The van der Waals surface area contributed by atoms with E-state index < -0.39 is 31.3 Å². The summed E-state index contributed by atoms with van der Waals surface area (Å²) in [7, 11) is -7.23. The van der Waals surface area contributed by atoms with Gasteiger partial charge in [-0.05, 0) is 18.2 Å². The molecule has 5 nitrogen and oxygen atoms in total. The summed E-state index contributed by atoms with van der Waals surface area (Å²) in [6.45, 7) is 0. The molecular formula is C10H10Cl3NO4S2. The van der Waals surface area contributed by atoms with Crippen molar-refractivity contribution in [2.75, 3.05) is 11.5 Å². The van der Waals surface area contributed by atoms with Crippen molar-refractivity contribution in [2.24, 2.45) is 0 Å². The first-order valence-electron chi connectivity index (χ1n) is 5.42. The predicted molar refractivity (Wildman–Crippen MR) is 78.9 cm³/mol. The molecule has 0 spiro atoms. The minimum absolute atomic E-state index is 0.0935. The first-order valence-corrected chi connectivity index (χ1v) is 9.92. The first kappa shape index (κ1) is 16.3. The minimum atomic E-state index is -3.91. The van der Waals surface area contributed by atoms with Crippen LogP contribution in [0.1, 0.15) is 0 Å². The average molecular weight is 379 g/mol. The fraction of sp³-hybridized carbons (Fsp3) is 0.400. The number of sulfone groups is 1. The van der Waals surface area contributed by atoms with Crippen LogP contribution in [-0.2, 0) is 19.9 Å². The van der Waals surface area contributed by atoms with E-state index >= 15 is 0 Å². The lowest BCUT2D eigenvalue weighted by Gasteiger charge is -2.15. The van der Waals surface area contributed by atoms with Gasteiger partial charge in [-0.25, -0.2) is 21.6 Å². The SMILES string of the molecule is O=S1(=O)C[C@H](Cl)[C@H](NS(=O)(=O)c2ccc(Cl)c(Cl)c2)C1. The molecule has 1 aliphatic heterocycles. The molecule has 1 aromatic rings. The topological polar surface area (TPSA) is 80.3 Å². The molecule has 0 amide bonds. The number of hydrogen-bond acceptors (Lipinski definition) is 4. The second-order valence-corrected chi connectivity index (χ2v) is 9.64. The lowest BCUT2D eigenvalue weighted by molar-refractivity contribution is 0.563. The molecule has 2 atom stereocenters. The van der Waals surface area contributed by atoms with Crippen LogP contribution in [0.4, 0.5) is 0 Å². The number of alkyl halides is 1. The second kappa shape index (κ2) is 5.62. The van der Waals surface area contributed by atoms with Gasteiger partial charge in [0.25, 0.3) is 0 Å². The Balaban J connectivity index is 2.26. The highest BCUT2D eigenvalue weighted by Gasteiger charge is 2.38. The average Bonchev–Trinajstić information content (AvgIpc) is 2.54. The van der Waals surface area contributed by atoms with E-state index in [9.17, 15) is 16.8 Å². The molecule has 1 heterocycles. The zero-order valence-corrected chi connectivity index (χ0v) is 13.8. The summed E-state index contributed by atoms with van der Waals surface area (Å²) >= 11 is 17.3. The molecule has 0 aromatic heterocycles. The third-order valence-corrected chi connectivity index (χ3v) is 7.39. The molecule has 10 heteroatoms. The fourth-order valence-corrected chi connectivity index (χ4v) is 6.22. The quantitative estimate of drug-likeness (QED) is 0.811. The molecule has 0 unspecified atom stereocenters. The highest BCUT2D eigenvalue weighted by molar-refractivity contribution is 7.92.